The number of benzene rings is 4. The highest BCUT2D eigenvalue weighted by atomic mass is 16.2. The van der Waals surface area contributed by atoms with Crippen molar-refractivity contribution in [3.63, 3.8) is 0 Å². The summed E-state index contributed by atoms with van der Waals surface area (Å²) < 4.78 is 0. The predicted octanol–water partition coefficient (Wildman–Crippen LogP) is 6.52. The van der Waals surface area contributed by atoms with Gasteiger partial charge in [-0.2, -0.15) is 0 Å². The highest BCUT2D eigenvalue weighted by Gasteiger charge is 2.49. The minimum absolute atomic E-state index is 0.145. The van der Waals surface area contributed by atoms with Gasteiger partial charge in [0.2, 0.25) is 0 Å². The Bertz CT molecular complexity index is 1430. The Morgan fingerprint density at radius 2 is 0.778 bits per heavy atom. The van der Waals surface area contributed by atoms with Gasteiger partial charge in [0.25, 0.3) is 11.8 Å². The Kier molecular flexibility index (Phi) is 5.15. The second-order valence-electron chi connectivity index (χ2n) is 9.13. The molecule has 36 heavy (non-hydrogen) atoms. The van der Waals surface area contributed by atoms with Gasteiger partial charge in [-0.15, -0.1) is 0 Å². The van der Waals surface area contributed by atoms with E-state index in [1.165, 1.54) is 0 Å². The molecule has 0 fully saturated rings. The molecule has 0 atom stereocenters. The fraction of sp³-hybridized carbons (Fsp3) is 0.0625. The van der Waals surface area contributed by atoms with Crippen LogP contribution in [0, 0.1) is 13.8 Å². The Labute approximate surface area is 210 Å². The van der Waals surface area contributed by atoms with Crippen molar-refractivity contribution in [2.45, 2.75) is 13.8 Å². The van der Waals surface area contributed by atoms with Crippen molar-refractivity contribution in [2.24, 2.45) is 0 Å². The van der Waals surface area contributed by atoms with Crippen molar-refractivity contribution in [3.8, 4) is 0 Å². The van der Waals surface area contributed by atoms with Crippen molar-refractivity contribution >= 4 is 34.3 Å². The summed E-state index contributed by atoms with van der Waals surface area (Å²) >= 11 is 0. The molecule has 4 heteroatoms. The number of anilines is 2. The molecule has 2 amide bonds. The van der Waals surface area contributed by atoms with E-state index in [2.05, 4.69) is 0 Å². The highest BCUT2D eigenvalue weighted by Crippen LogP contribution is 2.49. The Balaban J connectivity index is 1.69. The average Bonchev–Trinajstić information content (AvgIpc) is 3.35. The first kappa shape index (κ1) is 21.8. The van der Waals surface area contributed by atoms with E-state index >= 15 is 0 Å². The second kappa shape index (κ2) is 8.51. The van der Waals surface area contributed by atoms with Crippen LogP contribution in [0.2, 0.25) is 0 Å². The third-order valence-electron chi connectivity index (χ3n) is 6.69. The van der Waals surface area contributed by atoms with Crippen molar-refractivity contribution in [1.29, 1.82) is 0 Å². The number of fused-ring (bicyclic) bond motifs is 1. The molecular formula is C32H24N2O2. The van der Waals surface area contributed by atoms with Gasteiger partial charge < -0.3 is 0 Å². The summed E-state index contributed by atoms with van der Waals surface area (Å²) in [7, 11) is 0. The van der Waals surface area contributed by atoms with Crippen LogP contribution in [0.15, 0.2) is 121 Å². The molecule has 2 heterocycles. The molecule has 0 unspecified atom stereocenters. The van der Waals surface area contributed by atoms with Gasteiger partial charge in [-0.25, -0.2) is 0 Å². The van der Waals surface area contributed by atoms with E-state index in [4.69, 9.17) is 0 Å². The van der Waals surface area contributed by atoms with Crippen molar-refractivity contribution in [1.82, 2.24) is 0 Å². The van der Waals surface area contributed by atoms with Crippen molar-refractivity contribution in [2.75, 3.05) is 9.80 Å². The monoisotopic (exact) mass is 468 g/mol. The number of hydrogen-bond donors (Lipinski definition) is 0. The fourth-order valence-electron chi connectivity index (χ4n) is 4.91. The molecule has 0 aromatic heterocycles. The zero-order chi connectivity index (χ0) is 24.8. The predicted molar refractivity (Wildman–Crippen MR) is 144 cm³/mol. The van der Waals surface area contributed by atoms with Gasteiger partial charge in [0.15, 0.2) is 0 Å². The Morgan fingerprint density at radius 3 is 1.11 bits per heavy atom. The number of carbonyl (C=O) groups is 2. The number of carbonyl (C=O) groups excluding carboxylic acids is 2. The number of nitrogens with zero attached hydrogens (tertiary/aromatic N) is 2. The van der Waals surface area contributed by atoms with Gasteiger partial charge >= 0.3 is 0 Å². The molecule has 2 aliphatic rings. The van der Waals surface area contributed by atoms with E-state index in [-0.39, 0.29) is 11.8 Å². The summed E-state index contributed by atoms with van der Waals surface area (Å²) in [5.41, 5.74) is 7.53. The molecule has 4 aromatic carbocycles. The van der Waals surface area contributed by atoms with E-state index in [0.29, 0.717) is 22.5 Å². The van der Waals surface area contributed by atoms with Crippen LogP contribution in [0.1, 0.15) is 22.3 Å². The molecule has 2 aliphatic heterocycles. The third kappa shape index (κ3) is 3.38. The van der Waals surface area contributed by atoms with Gasteiger partial charge in [0, 0.05) is 11.4 Å². The summed E-state index contributed by atoms with van der Waals surface area (Å²) in [6.07, 6.45) is 0. The van der Waals surface area contributed by atoms with Gasteiger partial charge in [0.1, 0.15) is 0 Å². The number of para-hydroxylation sites is 2. The van der Waals surface area contributed by atoms with Gasteiger partial charge in [-0.05, 0) is 49.2 Å². The third-order valence-corrected chi connectivity index (χ3v) is 6.69. The Morgan fingerprint density at radius 1 is 0.444 bits per heavy atom. The highest BCUT2D eigenvalue weighted by molar-refractivity contribution is 6.43. The van der Waals surface area contributed by atoms with Gasteiger partial charge in [-0.3, -0.25) is 19.4 Å². The molecule has 0 radical (unpaired) electrons. The normalized spacial score (nSPS) is 15.3. The molecule has 0 saturated heterocycles. The van der Waals surface area contributed by atoms with Crippen LogP contribution in [0.5, 0.6) is 0 Å². The first-order valence-electron chi connectivity index (χ1n) is 12.0. The first-order chi connectivity index (χ1) is 17.5. The topological polar surface area (TPSA) is 40.6 Å². The average molecular weight is 469 g/mol. The number of hydrogen-bond acceptors (Lipinski definition) is 2. The van der Waals surface area contributed by atoms with E-state index in [0.717, 1.165) is 33.6 Å². The summed E-state index contributed by atoms with van der Waals surface area (Å²) in [4.78, 5) is 31.8. The number of rotatable bonds is 4. The molecular weight excluding hydrogens is 444 g/mol. The quantitative estimate of drug-likeness (QED) is 0.342. The van der Waals surface area contributed by atoms with E-state index in [1.54, 1.807) is 9.80 Å². The summed E-state index contributed by atoms with van der Waals surface area (Å²) in [6, 6.07) is 34.9. The van der Waals surface area contributed by atoms with Crippen LogP contribution in [0.3, 0.4) is 0 Å². The van der Waals surface area contributed by atoms with Crippen molar-refractivity contribution < 1.29 is 9.59 Å². The van der Waals surface area contributed by atoms with Crippen LogP contribution in [0.25, 0.3) is 11.1 Å². The minimum atomic E-state index is -0.145. The SMILES string of the molecule is Cc1ccc(C2=C3C(=C(c4ccc(C)cc4)C(=O)N3c3ccccc3)N(c3ccccc3)C2=O)cc1. The van der Waals surface area contributed by atoms with Crippen LogP contribution in [0.4, 0.5) is 11.4 Å². The standard InChI is InChI=1S/C32H24N2O2/c1-21-13-17-23(18-14-21)27-29-30(34(31(27)35)26-11-7-4-8-12-26)28(24-19-15-22(2)16-20-24)32(36)33(29)25-9-5-3-6-10-25/h3-20H,1-2H3. The van der Waals surface area contributed by atoms with Crippen molar-refractivity contribution in [3.05, 3.63) is 143 Å². The van der Waals surface area contributed by atoms with E-state index < -0.39 is 0 Å². The van der Waals surface area contributed by atoms with Crippen LogP contribution >= 0.6 is 0 Å². The maximum atomic E-state index is 14.2. The second-order valence-corrected chi connectivity index (χ2v) is 9.13. The molecule has 4 nitrogen and oxygen atoms in total. The molecule has 0 spiro atoms. The molecule has 174 valence electrons. The van der Waals surface area contributed by atoms with Crippen LogP contribution in [-0.2, 0) is 9.59 Å². The summed E-state index contributed by atoms with van der Waals surface area (Å²) in [5, 5.41) is 0. The maximum Gasteiger partial charge on any atom is 0.265 e. The van der Waals surface area contributed by atoms with E-state index in [1.807, 2.05) is 123 Å². The zero-order valence-electron chi connectivity index (χ0n) is 20.1. The van der Waals surface area contributed by atoms with Crippen LogP contribution < -0.4 is 9.80 Å². The molecule has 0 aliphatic carbocycles. The fourth-order valence-corrected chi connectivity index (χ4v) is 4.91. The lowest BCUT2D eigenvalue weighted by atomic mass is 10.0. The summed E-state index contributed by atoms with van der Waals surface area (Å²) in [6.45, 7) is 4.04. The molecule has 0 N–H and O–H groups in total. The molecule has 0 saturated carbocycles. The van der Waals surface area contributed by atoms with Gasteiger partial charge in [-0.1, -0.05) is 96.1 Å². The lowest BCUT2D eigenvalue weighted by Crippen LogP contribution is -2.27. The molecule has 4 aromatic rings. The smallest absolute Gasteiger partial charge is 0.265 e. The minimum Gasteiger partial charge on any atom is -0.274 e. The lowest BCUT2D eigenvalue weighted by Gasteiger charge is -2.20. The van der Waals surface area contributed by atoms with Crippen LogP contribution in [-0.4, -0.2) is 11.8 Å². The maximum absolute atomic E-state index is 14.2. The lowest BCUT2D eigenvalue weighted by molar-refractivity contribution is -0.112. The molecule has 6 rings (SSSR count). The first-order valence-corrected chi connectivity index (χ1v) is 12.0. The summed E-state index contributed by atoms with van der Waals surface area (Å²) in [5.74, 6) is -0.291. The van der Waals surface area contributed by atoms with E-state index in [9.17, 15) is 9.59 Å². The zero-order valence-corrected chi connectivity index (χ0v) is 20.1. The largest absolute Gasteiger partial charge is 0.274 e. The number of amides is 2. The molecule has 0 bridgehead atoms. The van der Waals surface area contributed by atoms with Gasteiger partial charge in [0.05, 0.1) is 22.5 Å². The number of aryl methyl sites for hydroxylation is 2. The Hall–Kier alpha value is -4.70.